The first kappa shape index (κ1) is 14.3. The summed E-state index contributed by atoms with van der Waals surface area (Å²) >= 11 is 0. The number of fused-ring (bicyclic) bond motifs is 1. The van der Waals surface area contributed by atoms with E-state index >= 15 is 0 Å². The Morgan fingerprint density at radius 3 is 2.68 bits per heavy atom. The third kappa shape index (κ3) is 2.57. The van der Waals surface area contributed by atoms with Gasteiger partial charge in [0.15, 0.2) is 0 Å². The van der Waals surface area contributed by atoms with E-state index in [0.717, 1.165) is 28.8 Å². The lowest BCUT2D eigenvalue weighted by Crippen LogP contribution is -2.12. The van der Waals surface area contributed by atoms with E-state index < -0.39 is 0 Å². The highest BCUT2D eigenvalue weighted by atomic mass is 16.1. The fourth-order valence-corrected chi connectivity index (χ4v) is 2.37. The summed E-state index contributed by atoms with van der Waals surface area (Å²) < 4.78 is 1.81. The van der Waals surface area contributed by atoms with E-state index in [1.54, 1.807) is 16.8 Å². The maximum Gasteiger partial charge on any atom is 0.255 e. The van der Waals surface area contributed by atoms with Crippen LogP contribution in [0.2, 0.25) is 0 Å². The Balaban J connectivity index is 1.86. The Hall–Kier alpha value is -2.69. The minimum Gasteiger partial charge on any atom is -0.322 e. The van der Waals surface area contributed by atoms with Gasteiger partial charge in [0, 0.05) is 17.8 Å². The Morgan fingerprint density at radius 1 is 1.14 bits per heavy atom. The fraction of sp³-hybridized carbons (Fsp3) is 0.235. The normalized spacial score (nSPS) is 10.9. The van der Waals surface area contributed by atoms with Crippen LogP contribution in [0.15, 0.2) is 36.4 Å². The highest BCUT2D eigenvalue weighted by Crippen LogP contribution is 2.17. The van der Waals surface area contributed by atoms with Gasteiger partial charge in [0.1, 0.15) is 5.52 Å². The SMILES string of the molecule is CCn1nnc2cc(C(=O)Nc3ccc(C)c(C)c3)ccc21. The summed E-state index contributed by atoms with van der Waals surface area (Å²) in [5.74, 6) is -0.142. The molecule has 1 aromatic heterocycles. The van der Waals surface area contributed by atoms with Crippen LogP contribution in [0.4, 0.5) is 5.69 Å². The Kier molecular flexibility index (Phi) is 3.63. The van der Waals surface area contributed by atoms with Crippen molar-refractivity contribution in [3.63, 3.8) is 0 Å². The largest absolute Gasteiger partial charge is 0.322 e. The maximum atomic E-state index is 12.4. The van der Waals surface area contributed by atoms with E-state index in [-0.39, 0.29) is 5.91 Å². The molecule has 0 atom stereocenters. The average Bonchev–Trinajstić information content (AvgIpc) is 2.93. The molecular formula is C17H18N4O. The lowest BCUT2D eigenvalue weighted by atomic mass is 10.1. The van der Waals surface area contributed by atoms with Crippen LogP contribution in [0.5, 0.6) is 0 Å². The number of nitrogens with zero attached hydrogens (tertiary/aromatic N) is 3. The van der Waals surface area contributed by atoms with Gasteiger partial charge in [0.05, 0.1) is 5.52 Å². The number of carbonyl (C=O) groups excluding carboxylic acids is 1. The van der Waals surface area contributed by atoms with Crippen LogP contribution in [0.1, 0.15) is 28.4 Å². The number of rotatable bonds is 3. The number of hydrogen-bond acceptors (Lipinski definition) is 3. The molecule has 3 rings (SSSR count). The Labute approximate surface area is 129 Å². The molecule has 22 heavy (non-hydrogen) atoms. The molecule has 0 aliphatic carbocycles. The molecule has 0 saturated carbocycles. The van der Waals surface area contributed by atoms with Gasteiger partial charge in [-0.15, -0.1) is 5.10 Å². The third-order valence-electron chi connectivity index (χ3n) is 3.84. The number of anilines is 1. The van der Waals surface area contributed by atoms with Crippen molar-refractivity contribution in [1.82, 2.24) is 15.0 Å². The first-order valence-corrected chi connectivity index (χ1v) is 7.30. The molecule has 5 heteroatoms. The fourth-order valence-electron chi connectivity index (χ4n) is 2.37. The lowest BCUT2D eigenvalue weighted by Gasteiger charge is -2.08. The van der Waals surface area contributed by atoms with Gasteiger partial charge < -0.3 is 5.32 Å². The van der Waals surface area contributed by atoms with Crippen LogP contribution in [-0.4, -0.2) is 20.9 Å². The average molecular weight is 294 g/mol. The van der Waals surface area contributed by atoms with Crippen molar-refractivity contribution in [2.45, 2.75) is 27.3 Å². The first-order valence-electron chi connectivity index (χ1n) is 7.30. The quantitative estimate of drug-likeness (QED) is 0.806. The van der Waals surface area contributed by atoms with Crippen LogP contribution in [0, 0.1) is 13.8 Å². The zero-order valence-electron chi connectivity index (χ0n) is 12.9. The van der Waals surface area contributed by atoms with Gasteiger partial charge in [-0.25, -0.2) is 4.68 Å². The van der Waals surface area contributed by atoms with Gasteiger partial charge in [0.2, 0.25) is 0 Å². The van der Waals surface area contributed by atoms with Crippen molar-refractivity contribution in [2.75, 3.05) is 5.32 Å². The summed E-state index contributed by atoms with van der Waals surface area (Å²) in [6, 6.07) is 11.3. The van der Waals surface area contributed by atoms with Crippen LogP contribution in [0.3, 0.4) is 0 Å². The second-order valence-corrected chi connectivity index (χ2v) is 5.36. The Bertz CT molecular complexity index is 851. The van der Waals surface area contributed by atoms with Crippen molar-refractivity contribution in [3.05, 3.63) is 53.1 Å². The van der Waals surface area contributed by atoms with Crippen molar-refractivity contribution < 1.29 is 4.79 Å². The Morgan fingerprint density at radius 2 is 1.95 bits per heavy atom. The molecule has 0 spiro atoms. The summed E-state index contributed by atoms with van der Waals surface area (Å²) in [7, 11) is 0. The number of aryl methyl sites for hydroxylation is 3. The molecule has 0 unspecified atom stereocenters. The second kappa shape index (κ2) is 5.60. The molecule has 0 bridgehead atoms. The van der Waals surface area contributed by atoms with Crippen LogP contribution in [-0.2, 0) is 6.54 Å². The molecule has 1 heterocycles. The maximum absolute atomic E-state index is 12.4. The predicted molar refractivity (Wildman–Crippen MR) is 87.1 cm³/mol. The van der Waals surface area contributed by atoms with Crippen LogP contribution >= 0.6 is 0 Å². The van der Waals surface area contributed by atoms with Crippen LogP contribution in [0.25, 0.3) is 11.0 Å². The van der Waals surface area contributed by atoms with Gasteiger partial charge in [-0.05, 0) is 62.2 Å². The van der Waals surface area contributed by atoms with E-state index in [1.807, 2.05) is 45.0 Å². The second-order valence-electron chi connectivity index (χ2n) is 5.36. The molecule has 1 amide bonds. The molecule has 0 saturated heterocycles. The number of nitrogens with one attached hydrogen (secondary N) is 1. The summed E-state index contributed by atoms with van der Waals surface area (Å²) in [5.41, 5.74) is 5.40. The van der Waals surface area contributed by atoms with Crippen molar-refractivity contribution >= 4 is 22.6 Å². The van der Waals surface area contributed by atoms with E-state index in [2.05, 4.69) is 15.6 Å². The number of aromatic nitrogens is 3. The summed E-state index contributed by atoms with van der Waals surface area (Å²) in [6.45, 7) is 6.84. The summed E-state index contributed by atoms with van der Waals surface area (Å²) in [6.07, 6.45) is 0. The smallest absolute Gasteiger partial charge is 0.255 e. The van der Waals surface area contributed by atoms with E-state index in [4.69, 9.17) is 0 Å². The molecule has 0 aliphatic rings. The highest BCUT2D eigenvalue weighted by Gasteiger charge is 2.10. The number of benzene rings is 2. The van der Waals surface area contributed by atoms with Gasteiger partial charge in [0.25, 0.3) is 5.91 Å². The lowest BCUT2D eigenvalue weighted by molar-refractivity contribution is 0.102. The van der Waals surface area contributed by atoms with Gasteiger partial charge >= 0.3 is 0 Å². The van der Waals surface area contributed by atoms with Gasteiger partial charge in [-0.1, -0.05) is 11.3 Å². The first-order chi connectivity index (χ1) is 10.6. The van der Waals surface area contributed by atoms with Gasteiger partial charge in [-0.2, -0.15) is 0 Å². The van der Waals surface area contributed by atoms with E-state index in [0.29, 0.717) is 5.56 Å². The molecule has 0 radical (unpaired) electrons. The van der Waals surface area contributed by atoms with E-state index in [9.17, 15) is 4.79 Å². The molecule has 3 aromatic rings. The zero-order chi connectivity index (χ0) is 15.7. The van der Waals surface area contributed by atoms with Crippen molar-refractivity contribution in [2.24, 2.45) is 0 Å². The molecule has 5 nitrogen and oxygen atoms in total. The van der Waals surface area contributed by atoms with Crippen molar-refractivity contribution in [3.8, 4) is 0 Å². The predicted octanol–water partition coefficient (Wildman–Crippen LogP) is 3.32. The van der Waals surface area contributed by atoms with E-state index in [1.165, 1.54) is 5.56 Å². The zero-order valence-corrected chi connectivity index (χ0v) is 12.9. The molecule has 1 N–H and O–H groups in total. The molecule has 0 aliphatic heterocycles. The molecule has 0 fully saturated rings. The standard InChI is InChI=1S/C17H18N4O/c1-4-21-16-8-6-13(10-15(16)19-20-21)17(22)18-14-7-5-11(2)12(3)9-14/h5-10H,4H2,1-3H3,(H,18,22). The summed E-state index contributed by atoms with van der Waals surface area (Å²) in [5, 5.41) is 11.1. The monoisotopic (exact) mass is 294 g/mol. The third-order valence-corrected chi connectivity index (χ3v) is 3.84. The minimum atomic E-state index is -0.142. The number of hydrogen-bond donors (Lipinski definition) is 1. The highest BCUT2D eigenvalue weighted by molar-refractivity contribution is 6.05. The minimum absolute atomic E-state index is 0.142. The molecule has 2 aromatic carbocycles. The number of carbonyl (C=O) groups is 1. The molecule has 112 valence electrons. The van der Waals surface area contributed by atoms with Crippen LogP contribution < -0.4 is 5.32 Å². The topological polar surface area (TPSA) is 59.8 Å². The number of amides is 1. The van der Waals surface area contributed by atoms with Crippen molar-refractivity contribution in [1.29, 1.82) is 0 Å². The summed E-state index contributed by atoms with van der Waals surface area (Å²) in [4.78, 5) is 12.4. The van der Waals surface area contributed by atoms with Gasteiger partial charge in [-0.3, -0.25) is 4.79 Å². The molecular weight excluding hydrogens is 276 g/mol.